The first-order chi connectivity index (χ1) is 8.19. The van der Waals surface area contributed by atoms with Crippen LogP contribution < -0.4 is 11.1 Å². The van der Waals surface area contributed by atoms with Crippen molar-refractivity contribution < 1.29 is 4.79 Å². The summed E-state index contributed by atoms with van der Waals surface area (Å²) in [4.78, 5) is 11.7. The van der Waals surface area contributed by atoms with E-state index in [0.717, 1.165) is 18.5 Å². The molecule has 0 aromatic heterocycles. The third-order valence-corrected chi connectivity index (χ3v) is 3.50. The molecule has 0 heterocycles. The first-order valence-electron chi connectivity index (χ1n) is 6.26. The molecule has 0 atom stereocenters. The highest BCUT2D eigenvalue weighted by atomic mass is 16.1. The van der Waals surface area contributed by atoms with Crippen LogP contribution in [-0.2, 0) is 6.42 Å². The molecule has 2 rings (SSSR count). The second-order valence-electron chi connectivity index (χ2n) is 4.94. The SMILES string of the molecule is CCNC(=O)c1cccc(CC2(CN)CC2)c1. The van der Waals surface area contributed by atoms with E-state index >= 15 is 0 Å². The van der Waals surface area contributed by atoms with Gasteiger partial charge in [-0.05, 0) is 55.8 Å². The van der Waals surface area contributed by atoms with Gasteiger partial charge in [0.05, 0.1) is 0 Å². The molecule has 1 aromatic rings. The van der Waals surface area contributed by atoms with Crippen molar-refractivity contribution in [2.75, 3.05) is 13.1 Å². The van der Waals surface area contributed by atoms with Gasteiger partial charge in [-0.25, -0.2) is 0 Å². The summed E-state index contributed by atoms with van der Waals surface area (Å²) in [6, 6.07) is 7.88. The van der Waals surface area contributed by atoms with E-state index in [4.69, 9.17) is 5.73 Å². The lowest BCUT2D eigenvalue weighted by Gasteiger charge is -2.12. The van der Waals surface area contributed by atoms with Gasteiger partial charge in [0.1, 0.15) is 0 Å². The molecular weight excluding hydrogens is 212 g/mol. The highest BCUT2D eigenvalue weighted by molar-refractivity contribution is 5.94. The van der Waals surface area contributed by atoms with Crippen molar-refractivity contribution >= 4 is 5.91 Å². The number of carbonyl (C=O) groups is 1. The Labute approximate surface area is 102 Å². The van der Waals surface area contributed by atoms with E-state index in [1.165, 1.54) is 18.4 Å². The first-order valence-corrected chi connectivity index (χ1v) is 6.26. The van der Waals surface area contributed by atoms with Crippen molar-refractivity contribution in [2.24, 2.45) is 11.1 Å². The van der Waals surface area contributed by atoms with E-state index in [9.17, 15) is 4.79 Å². The number of benzene rings is 1. The van der Waals surface area contributed by atoms with Gasteiger partial charge >= 0.3 is 0 Å². The molecule has 0 aliphatic heterocycles. The number of hydrogen-bond acceptors (Lipinski definition) is 2. The largest absolute Gasteiger partial charge is 0.352 e. The quantitative estimate of drug-likeness (QED) is 0.812. The van der Waals surface area contributed by atoms with Gasteiger partial charge in [0.2, 0.25) is 0 Å². The summed E-state index contributed by atoms with van der Waals surface area (Å²) in [6.45, 7) is 3.34. The number of carbonyl (C=O) groups excluding carboxylic acids is 1. The van der Waals surface area contributed by atoms with Gasteiger partial charge in [-0.2, -0.15) is 0 Å². The Kier molecular flexibility index (Phi) is 3.48. The van der Waals surface area contributed by atoms with E-state index < -0.39 is 0 Å². The van der Waals surface area contributed by atoms with Gasteiger partial charge in [0, 0.05) is 12.1 Å². The summed E-state index contributed by atoms with van der Waals surface area (Å²) in [5.41, 5.74) is 8.07. The normalized spacial score (nSPS) is 16.6. The first kappa shape index (κ1) is 12.1. The third kappa shape index (κ3) is 2.86. The van der Waals surface area contributed by atoms with Gasteiger partial charge in [-0.15, -0.1) is 0 Å². The second-order valence-corrected chi connectivity index (χ2v) is 4.94. The minimum absolute atomic E-state index is 0.00643. The van der Waals surface area contributed by atoms with E-state index in [-0.39, 0.29) is 5.91 Å². The van der Waals surface area contributed by atoms with Crippen LogP contribution in [0.3, 0.4) is 0 Å². The average Bonchev–Trinajstić information content (AvgIpc) is 3.10. The number of nitrogens with two attached hydrogens (primary N) is 1. The van der Waals surface area contributed by atoms with Gasteiger partial charge in [0.25, 0.3) is 5.91 Å². The fraction of sp³-hybridized carbons (Fsp3) is 0.500. The van der Waals surface area contributed by atoms with Crippen LogP contribution in [-0.4, -0.2) is 19.0 Å². The highest BCUT2D eigenvalue weighted by Crippen LogP contribution is 2.47. The summed E-state index contributed by atoms with van der Waals surface area (Å²) in [5, 5.41) is 2.82. The molecule has 92 valence electrons. The van der Waals surface area contributed by atoms with Crippen LogP contribution in [0, 0.1) is 5.41 Å². The van der Waals surface area contributed by atoms with Gasteiger partial charge in [-0.3, -0.25) is 4.79 Å². The molecule has 17 heavy (non-hydrogen) atoms. The number of nitrogens with one attached hydrogen (secondary N) is 1. The van der Waals surface area contributed by atoms with Crippen molar-refractivity contribution in [2.45, 2.75) is 26.2 Å². The molecule has 0 bridgehead atoms. The maximum atomic E-state index is 11.7. The van der Waals surface area contributed by atoms with Crippen molar-refractivity contribution in [3.8, 4) is 0 Å². The van der Waals surface area contributed by atoms with Crippen LogP contribution in [0.2, 0.25) is 0 Å². The molecule has 1 aliphatic carbocycles. The molecule has 1 aromatic carbocycles. The predicted octanol–water partition coefficient (Wildman–Crippen LogP) is 1.72. The van der Waals surface area contributed by atoms with Gasteiger partial charge in [-0.1, -0.05) is 12.1 Å². The minimum Gasteiger partial charge on any atom is -0.352 e. The fourth-order valence-electron chi connectivity index (χ4n) is 2.15. The van der Waals surface area contributed by atoms with Crippen LogP contribution in [0.5, 0.6) is 0 Å². The smallest absolute Gasteiger partial charge is 0.251 e. The zero-order chi connectivity index (χ0) is 12.3. The second kappa shape index (κ2) is 4.88. The topological polar surface area (TPSA) is 55.1 Å². The zero-order valence-corrected chi connectivity index (χ0v) is 10.3. The lowest BCUT2D eigenvalue weighted by molar-refractivity contribution is 0.0955. The molecule has 0 saturated heterocycles. The highest BCUT2D eigenvalue weighted by Gasteiger charge is 2.40. The molecule has 0 radical (unpaired) electrons. The number of rotatable bonds is 5. The Morgan fingerprint density at radius 1 is 1.47 bits per heavy atom. The van der Waals surface area contributed by atoms with E-state index in [1.54, 1.807) is 0 Å². The molecule has 1 saturated carbocycles. The molecule has 1 amide bonds. The Morgan fingerprint density at radius 2 is 2.24 bits per heavy atom. The Balaban J connectivity index is 2.09. The standard InChI is InChI=1S/C14H20N2O/c1-2-16-13(17)12-5-3-4-11(8-12)9-14(10-15)6-7-14/h3-5,8H,2,6-7,9-10,15H2,1H3,(H,16,17). The number of hydrogen-bond donors (Lipinski definition) is 2. The van der Waals surface area contributed by atoms with Crippen LogP contribution in [0.4, 0.5) is 0 Å². The van der Waals surface area contributed by atoms with E-state index in [1.807, 2.05) is 25.1 Å². The minimum atomic E-state index is 0.00643. The summed E-state index contributed by atoms with van der Waals surface area (Å²) in [5.74, 6) is 0.00643. The lowest BCUT2D eigenvalue weighted by atomic mass is 9.95. The van der Waals surface area contributed by atoms with Crippen molar-refractivity contribution in [1.29, 1.82) is 0 Å². The molecule has 3 nitrogen and oxygen atoms in total. The molecular formula is C14H20N2O. The molecule has 0 unspecified atom stereocenters. The molecule has 1 fully saturated rings. The average molecular weight is 232 g/mol. The van der Waals surface area contributed by atoms with Gasteiger partial charge < -0.3 is 11.1 Å². The van der Waals surface area contributed by atoms with Crippen LogP contribution in [0.25, 0.3) is 0 Å². The van der Waals surface area contributed by atoms with Crippen molar-refractivity contribution in [1.82, 2.24) is 5.32 Å². The zero-order valence-electron chi connectivity index (χ0n) is 10.3. The van der Waals surface area contributed by atoms with Crippen molar-refractivity contribution in [3.05, 3.63) is 35.4 Å². The van der Waals surface area contributed by atoms with Crippen LogP contribution in [0.15, 0.2) is 24.3 Å². The fourth-order valence-corrected chi connectivity index (χ4v) is 2.15. The Bertz CT molecular complexity index is 410. The molecule has 1 aliphatic rings. The molecule has 3 heteroatoms. The van der Waals surface area contributed by atoms with Crippen LogP contribution in [0.1, 0.15) is 35.7 Å². The van der Waals surface area contributed by atoms with E-state index in [2.05, 4.69) is 11.4 Å². The predicted molar refractivity (Wildman–Crippen MR) is 68.9 cm³/mol. The maximum absolute atomic E-state index is 11.7. The third-order valence-electron chi connectivity index (χ3n) is 3.50. The molecule has 0 spiro atoms. The molecule has 3 N–H and O–H groups in total. The number of amides is 1. The monoisotopic (exact) mass is 232 g/mol. The van der Waals surface area contributed by atoms with E-state index in [0.29, 0.717) is 12.0 Å². The maximum Gasteiger partial charge on any atom is 0.251 e. The van der Waals surface area contributed by atoms with Gasteiger partial charge in [0.15, 0.2) is 0 Å². The summed E-state index contributed by atoms with van der Waals surface area (Å²) >= 11 is 0. The van der Waals surface area contributed by atoms with Crippen molar-refractivity contribution in [3.63, 3.8) is 0 Å². The summed E-state index contributed by atoms with van der Waals surface area (Å²) in [6.07, 6.45) is 3.43. The Hall–Kier alpha value is -1.35. The summed E-state index contributed by atoms with van der Waals surface area (Å²) in [7, 11) is 0. The lowest BCUT2D eigenvalue weighted by Crippen LogP contribution is -2.23. The Morgan fingerprint density at radius 3 is 2.82 bits per heavy atom. The summed E-state index contributed by atoms with van der Waals surface area (Å²) < 4.78 is 0. The van der Waals surface area contributed by atoms with Crippen LogP contribution >= 0.6 is 0 Å².